The number of nitrogens with zero attached hydrogens (tertiary/aromatic N) is 1. The van der Waals surface area contributed by atoms with Gasteiger partial charge in [0.25, 0.3) is 0 Å². The molecule has 4 nitrogen and oxygen atoms in total. The molecule has 27 heavy (non-hydrogen) atoms. The van der Waals surface area contributed by atoms with Crippen LogP contribution in [0, 0.1) is 11.8 Å². The summed E-state index contributed by atoms with van der Waals surface area (Å²) in [5.41, 5.74) is 8.66. The van der Waals surface area contributed by atoms with Gasteiger partial charge in [-0.25, -0.2) is 4.79 Å². The molecule has 0 radical (unpaired) electrons. The van der Waals surface area contributed by atoms with E-state index in [1.54, 1.807) is 18.3 Å². The van der Waals surface area contributed by atoms with Crippen LogP contribution in [0.3, 0.4) is 0 Å². The van der Waals surface area contributed by atoms with Crippen LogP contribution in [0.25, 0.3) is 11.1 Å². The van der Waals surface area contributed by atoms with Crippen molar-refractivity contribution < 1.29 is 10.0 Å². The van der Waals surface area contributed by atoms with Gasteiger partial charge in [-0.2, -0.15) is 5.06 Å². The zero-order valence-corrected chi connectivity index (χ0v) is 15.7. The lowest BCUT2D eigenvalue weighted by molar-refractivity contribution is -0.0536. The Labute approximate surface area is 162 Å². The molecule has 0 aliphatic carbocycles. The number of nitrogens with two attached hydrogens (primary N) is 1. The summed E-state index contributed by atoms with van der Waals surface area (Å²) in [7, 11) is 0. The van der Waals surface area contributed by atoms with Gasteiger partial charge in [0.15, 0.2) is 0 Å². The number of hydrogen-bond donors (Lipinski definition) is 2. The van der Waals surface area contributed by atoms with E-state index in [2.05, 4.69) is 54.3 Å². The van der Waals surface area contributed by atoms with Gasteiger partial charge in [-0.15, -0.1) is 11.3 Å². The number of amides is 2. The number of hydrogen-bond acceptors (Lipinski definition) is 3. The van der Waals surface area contributed by atoms with Gasteiger partial charge >= 0.3 is 6.03 Å². The lowest BCUT2D eigenvalue weighted by atomic mass is 10.0. The third-order valence-electron chi connectivity index (χ3n) is 4.10. The Morgan fingerprint density at radius 1 is 1.07 bits per heavy atom. The topological polar surface area (TPSA) is 66.6 Å². The first-order chi connectivity index (χ1) is 13.0. The largest absolute Gasteiger partial charge is 0.350 e. The zero-order valence-electron chi connectivity index (χ0n) is 14.9. The van der Waals surface area contributed by atoms with E-state index in [-0.39, 0.29) is 0 Å². The standard InChI is InChI=1S/C22H20N2O2S/c1-16(24(26)22(23)25)7-12-20-13-14-21(27-20)15-17-8-10-19(11-9-17)18-5-3-2-4-6-18/h2-6,8-11,13-14,16,26H,15H2,1H3,(H2,23,25). The van der Waals surface area contributed by atoms with Crippen LogP contribution in [-0.4, -0.2) is 22.3 Å². The van der Waals surface area contributed by atoms with Gasteiger partial charge < -0.3 is 5.73 Å². The predicted molar refractivity (Wildman–Crippen MR) is 109 cm³/mol. The highest BCUT2D eigenvalue weighted by atomic mass is 32.1. The average molecular weight is 376 g/mol. The molecule has 0 spiro atoms. The van der Waals surface area contributed by atoms with Gasteiger partial charge in [-0.1, -0.05) is 66.4 Å². The molecule has 1 unspecified atom stereocenters. The molecule has 2 amide bonds. The highest BCUT2D eigenvalue weighted by Crippen LogP contribution is 2.23. The van der Waals surface area contributed by atoms with Crippen molar-refractivity contribution in [1.29, 1.82) is 0 Å². The van der Waals surface area contributed by atoms with Gasteiger partial charge in [0.1, 0.15) is 6.04 Å². The quantitative estimate of drug-likeness (QED) is 0.399. The van der Waals surface area contributed by atoms with Gasteiger partial charge in [0.05, 0.1) is 4.88 Å². The SMILES string of the molecule is CC(C#Cc1ccc(Cc2ccc(-c3ccccc3)cc2)s1)N(O)C(N)=O. The maximum atomic E-state index is 10.9. The number of primary amides is 1. The minimum atomic E-state index is -0.914. The van der Waals surface area contributed by atoms with Crippen LogP contribution in [0.5, 0.6) is 0 Å². The van der Waals surface area contributed by atoms with Crippen molar-refractivity contribution >= 4 is 17.4 Å². The maximum absolute atomic E-state index is 10.9. The molecule has 0 saturated heterocycles. The van der Waals surface area contributed by atoms with Gasteiger partial charge in [0.2, 0.25) is 0 Å². The number of urea groups is 1. The first kappa shape index (κ1) is 18.7. The Hall–Kier alpha value is -3.07. The van der Waals surface area contributed by atoms with Crippen LogP contribution in [0.4, 0.5) is 4.79 Å². The summed E-state index contributed by atoms with van der Waals surface area (Å²) in [6.45, 7) is 1.61. The predicted octanol–water partition coefficient (Wildman–Crippen LogP) is 4.52. The molecule has 0 aliphatic heterocycles. The van der Waals surface area contributed by atoms with Crippen molar-refractivity contribution in [3.8, 4) is 23.0 Å². The first-order valence-electron chi connectivity index (χ1n) is 8.55. The lowest BCUT2D eigenvalue weighted by Crippen LogP contribution is -2.38. The molecule has 5 heteroatoms. The molecule has 1 atom stereocenters. The summed E-state index contributed by atoms with van der Waals surface area (Å²) in [4.78, 5) is 13.0. The fourth-order valence-electron chi connectivity index (χ4n) is 2.61. The summed E-state index contributed by atoms with van der Waals surface area (Å²) in [6.07, 6.45) is 0.838. The average Bonchev–Trinajstić information content (AvgIpc) is 3.14. The smallest absolute Gasteiger partial charge is 0.339 e. The normalized spacial score (nSPS) is 11.3. The lowest BCUT2D eigenvalue weighted by Gasteiger charge is -2.14. The molecule has 3 aromatic rings. The van der Waals surface area contributed by atoms with Gasteiger partial charge in [0, 0.05) is 11.3 Å². The molecule has 1 heterocycles. The fourth-order valence-corrected chi connectivity index (χ4v) is 3.52. The van der Waals surface area contributed by atoms with Crippen LogP contribution in [0.1, 0.15) is 22.2 Å². The molecule has 0 fully saturated rings. The zero-order chi connectivity index (χ0) is 19.2. The van der Waals surface area contributed by atoms with Crippen molar-refractivity contribution in [3.63, 3.8) is 0 Å². The number of carbonyl (C=O) groups is 1. The first-order valence-corrected chi connectivity index (χ1v) is 9.37. The molecule has 1 aromatic heterocycles. The van der Waals surface area contributed by atoms with E-state index in [1.807, 2.05) is 24.3 Å². The van der Waals surface area contributed by atoms with Crippen molar-refractivity contribution in [3.05, 3.63) is 82.0 Å². The summed E-state index contributed by atoms with van der Waals surface area (Å²) < 4.78 is 0. The van der Waals surface area contributed by atoms with E-state index < -0.39 is 12.1 Å². The van der Waals surface area contributed by atoms with E-state index in [0.717, 1.165) is 11.3 Å². The van der Waals surface area contributed by atoms with E-state index in [9.17, 15) is 10.0 Å². The summed E-state index contributed by atoms with van der Waals surface area (Å²) >= 11 is 1.60. The third-order valence-corrected chi connectivity index (χ3v) is 5.10. The van der Waals surface area contributed by atoms with Crippen LogP contribution in [-0.2, 0) is 6.42 Å². The Morgan fingerprint density at radius 3 is 2.41 bits per heavy atom. The molecular weight excluding hydrogens is 356 g/mol. The Morgan fingerprint density at radius 2 is 1.74 bits per heavy atom. The van der Waals surface area contributed by atoms with E-state index in [4.69, 9.17) is 5.73 Å². The molecule has 0 bridgehead atoms. The summed E-state index contributed by atoms with van der Waals surface area (Å²) in [5.74, 6) is 5.79. The van der Waals surface area contributed by atoms with Gasteiger partial charge in [-0.05, 0) is 35.7 Å². The van der Waals surface area contributed by atoms with Crippen LogP contribution < -0.4 is 5.73 Å². The molecule has 0 aliphatic rings. The van der Waals surface area contributed by atoms with Crippen LogP contribution in [0.2, 0.25) is 0 Å². The second kappa shape index (κ2) is 8.54. The number of benzene rings is 2. The number of thiophene rings is 1. The maximum Gasteiger partial charge on any atom is 0.339 e. The molecule has 3 N–H and O–H groups in total. The fraction of sp³-hybridized carbons (Fsp3) is 0.136. The number of rotatable bonds is 4. The van der Waals surface area contributed by atoms with Crippen molar-refractivity contribution in [2.45, 2.75) is 19.4 Å². The molecular formula is C22H20N2O2S. The highest BCUT2D eigenvalue weighted by Gasteiger charge is 2.11. The second-order valence-corrected chi connectivity index (χ2v) is 7.30. The molecule has 2 aromatic carbocycles. The van der Waals surface area contributed by atoms with E-state index in [1.165, 1.54) is 21.6 Å². The minimum absolute atomic E-state index is 0.426. The Bertz CT molecular complexity index is 969. The Balaban J connectivity index is 1.65. The van der Waals surface area contributed by atoms with Crippen molar-refractivity contribution in [2.24, 2.45) is 5.73 Å². The second-order valence-electron chi connectivity index (χ2n) is 6.13. The molecule has 3 rings (SSSR count). The monoisotopic (exact) mass is 376 g/mol. The van der Waals surface area contributed by atoms with Crippen LogP contribution >= 0.6 is 11.3 Å². The minimum Gasteiger partial charge on any atom is -0.350 e. The molecule has 136 valence electrons. The summed E-state index contributed by atoms with van der Waals surface area (Å²) in [6, 6.07) is 21.3. The van der Waals surface area contributed by atoms with Crippen molar-refractivity contribution in [2.75, 3.05) is 0 Å². The number of carbonyl (C=O) groups excluding carboxylic acids is 1. The van der Waals surface area contributed by atoms with E-state index in [0.29, 0.717) is 5.06 Å². The number of hydroxylamine groups is 2. The van der Waals surface area contributed by atoms with Gasteiger partial charge in [-0.3, -0.25) is 5.21 Å². The highest BCUT2D eigenvalue weighted by molar-refractivity contribution is 7.12. The van der Waals surface area contributed by atoms with Crippen molar-refractivity contribution in [1.82, 2.24) is 5.06 Å². The molecule has 0 saturated carbocycles. The third kappa shape index (κ3) is 4.98. The Kier molecular flexibility index (Phi) is 5.92. The van der Waals surface area contributed by atoms with Crippen LogP contribution in [0.15, 0.2) is 66.7 Å². The summed E-state index contributed by atoms with van der Waals surface area (Å²) in [5, 5.41) is 9.86. The van der Waals surface area contributed by atoms with E-state index >= 15 is 0 Å².